The second-order valence-electron chi connectivity index (χ2n) is 5.03. The van der Waals surface area contributed by atoms with E-state index in [1.807, 2.05) is 30.5 Å². The van der Waals surface area contributed by atoms with Crippen LogP contribution < -0.4 is 0 Å². The van der Waals surface area contributed by atoms with Gasteiger partial charge in [0.05, 0.1) is 0 Å². The average molecular weight is 273 g/mol. The van der Waals surface area contributed by atoms with Gasteiger partial charge in [0.1, 0.15) is 0 Å². The van der Waals surface area contributed by atoms with Crippen LogP contribution in [0.15, 0.2) is 59.9 Å². The van der Waals surface area contributed by atoms with E-state index >= 15 is 0 Å². The van der Waals surface area contributed by atoms with Crippen molar-refractivity contribution in [3.63, 3.8) is 0 Å². The summed E-state index contributed by atoms with van der Waals surface area (Å²) in [5.41, 5.74) is 1.08. The Balaban J connectivity index is 2.24. The molecule has 0 aliphatic heterocycles. The molecule has 0 aliphatic rings. The van der Waals surface area contributed by atoms with Crippen LogP contribution in [0.2, 0.25) is 0 Å². The molecule has 2 aromatic rings. The van der Waals surface area contributed by atoms with Gasteiger partial charge < -0.3 is 4.18 Å². The molecular weight excluding hydrogens is 254 g/mol. The van der Waals surface area contributed by atoms with Crippen LogP contribution in [0, 0.1) is 0 Å². The van der Waals surface area contributed by atoms with E-state index in [1.165, 1.54) is 10.8 Å². The molecule has 0 aliphatic carbocycles. The second-order valence-corrected chi connectivity index (χ2v) is 8.64. The highest BCUT2D eigenvalue weighted by atomic mass is 32.3. The Bertz CT molecular complexity index is 621. The first kappa shape index (κ1) is 13.7. The summed E-state index contributed by atoms with van der Waals surface area (Å²) in [6, 6.07) is 14.4. The summed E-state index contributed by atoms with van der Waals surface area (Å²) in [5, 5.41) is 2.39. The first-order valence-corrected chi connectivity index (χ1v) is 8.82. The molecule has 2 nitrogen and oxygen atoms in total. The minimum atomic E-state index is -1.08. The lowest BCUT2D eigenvalue weighted by molar-refractivity contribution is 0.482. The molecular formula is C16H19NOS. The van der Waals surface area contributed by atoms with Crippen molar-refractivity contribution in [2.45, 2.75) is 0 Å². The standard InChI is InChI=1S/C16H19NOS/c1-13(18-19(2,3)4)17-12-15-10-7-9-14-8-5-6-11-16(14)15/h5-12H,1H2,2-4H3/b17-12+. The van der Waals surface area contributed by atoms with Gasteiger partial charge in [0.25, 0.3) is 0 Å². The van der Waals surface area contributed by atoms with E-state index < -0.39 is 10.3 Å². The molecule has 0 saturated carbocycles. The van der Waals surface area contributed by atoms with Crippen molar-refractivity contribution in [2.24, 2.45) is 4.99 Å². The van der Waals surface area contributed by atoms with Crippen LogP contribution in [-0.2, 0) is 4.18 Å². The molecule has 0 aromatic heterocycles. The number of fused-ring (bicyclic) bond motifs is 1. The lowest BCUT2D eigenvalue weighted by atomic mass is 10.1. The molecule has 0 atom stereocenters. The Morgan fingerprint density at radius 3 is 2.53 bits per heavy atom. The highest BCUT2D eigenvalue weighted by Gasteiger charge is 2.05. The molecule has 0 radical (unpaired) electrons. The van der Waals surface area contributed by atoms with Crippen molar-refractivity contribution in [3.05, 3.63) is 60.5 Å². The monoisotopic (exact) mass is 273 g/mol. The smallest absolute Gasteiger partial charge is 0.217 e. The predicted molar refractivity (Wildman–Crippen MR) is 87.1 cm³/mol. The van der Waals surface area contributed by atoms with Gasteiger partial charge in [0.15, 0.2) is 0 Å². The third-order valence-electron chi connectivity index (χ3n) is 2.52. The van der Waals surface area contributed by atoms with E-state index in [0.717, 1.165) is 5.56 Å². The molecule has 0 fully saturated rings. The molecule has 0 saturated heterocycles. The molecule has 0 unspecified atom stereocenters. The van der Waals surface area contributed by atoms with E-state index in [4.69, 9.17) is 4.18 Å². The molecule has 100 valence electrons. The Morgan fingerprint density at radius 1 is 1.11 bits per heavy atom. The van der Waals surface area contributed by atoms with Crippen molar-refractivity contribution in [1.29, 1.82) is 0 Å². The van der Waals surface area contributed by atoms with Crippen molar-refractivity contribution in [3.8, 4) is 0 Å². The Labute approximate surface area is 116 Å². The quantitative estimate of drug-likeness (QED) is 0.599. The van der Waals surface area contributed by atoms with Gasteiger partial charge in [0, 0.05) is 11.8 Å². The molecule has 0 amide bonds. The minimum Gasteiger partial charge on any atom is -0.430 e. The maximum atomic E-state index is 5.66. The number of aliphatic imine (C=N–C) groups is 1. The van der Waals surface area contributed by atoms with Crippen molar-refractivity contribution in [1.82, 2.24) is 0 Å². The van der Waals surface area contributed by atoms with Crippen LogP contribution in [-0.4, -0.2) is 25.0 Å². The summed E-state index contributed by atoms with van der Waals surface area (Å²) >= 11 is 0. The highest BCUT2D eigenvalue weighted by molar-refractivity contribution is 8.28. The summed E-state index contributed by atoms with van der Waals surface area (Å²) in [5.74, 6) is 0.468. The van der Waals surface area contributed by atoms with Gasteiger partial charge in [-0.25, -0.2) is 4.99 Å². The Morgan fingerprint density at radius 2 is 1.79 bits per heavy atom. The summed E-state index contributed by atoms with van der Waals surface area (Å²) in [4.78, 5) is 4.31. The minimum absolute atomic E-state index is 0.468. The van der Waals surface area contributed by atoms with Gasteiger partial charge in [-0.05, 0) is 36.1 Å². The van der Waals surface area contributed by atoms with Gasteiger partial charge in [-0.3, -0.25) is 0 Å². The summed E-state index contributed by atoms with van der Waals surface area (Å²) in [6.45, 7) is 3.84. The van der Waals surface area contributed by atoms with E-state index in [-0.39, 0.29) is 0 Å². The lowest BCUT2D eigenvalue weighted by Crippen LogP contribution is -1.96. The van der Waals surface area contributed by atoms with Crippen LogP contribution in [0.3, 0.4) is 0 Å². The van der Waals surface area contributed by atoms with Crippen LogP contribution in [0.1, 0.15) is 5.56 Å². The van der Waals surface area contributed by atoms with E-state index in [0.29, 0.717) is 5.88 Å². The number of nitrogens with zero attached hydrogens (tertiary/aromatic N) is 1. The molecule has 2 aromatic carbocycles. The van der Waals surface area contributed by atoms with Gasteiger partial charge in [-0.15, -0.1) is 0 Å². The third-order valence-corrected chi connectivity index (χ3v) is 3.21. The fourth-order valence-electron chi connectivity index (χ4n) is 1.81. The molecule has 2 rings (SSSR count). The average Bonchev–Trinajstić information content (AvgIpc) is 2.34. The first-order valence-electron chi connectivity index (χ1n) is 6.04. The fourth-order valence-corrected chi connectivity index (χ4v) is 2.43. The topological polar surface area (TPSA) is 21.6 Å². The maximum Gasteiger partial charge on any atom is 0.217 e. The molecule has 0 spiro atoms. The zero-order valence-corrected chi connectivity index (χ0v) is 12.4. The fraction of sp³-hybridized carbons (Fsp3) is 0.188. The van der Waals surface area contributed by atoms with Crippen molar-refractivity contribution >= 4 is 27.3 Å². The molecule has 19 heavy (non-hydrogen) atoms. The Hall–Kier alpha value is -1.74. The zero-order valence-electron chi connectivity index (χ0n) is 11.6. The number of benzene rings is 2. The zero-order chi connectivity index (χ0) is 13.9. The summed E-state index contributed by atoms with van der Waals surface area (Å²) in [6.07, 6.45) is 8.00. The third kappa shape index (κ3) is 3.86. The number of hydrogen-bond donors (Lipinski definition) is 0. The van der Waals surface area contributed by atoms with Crippen LogP contribution in [0.5, 0.6) is 0 Å². The predicted octanol–water partition coefficient (Wildman–Crippen LogP) is 4.36. The van der Waals surface area contributed by atoms with Gasteiger partial charge in [0.2, 0.25) is 5.88 Å². The van der Waals surface area contributed by atoms with Gasteiger partial charge in [-0.2, -0.15) is 0 Å². The summed E-state index contributed by atoms with van der Waals surface area (Å²) in [7, 11) is -1.08. The SMILES string of the molecule is C=C(/N=C/c1cccc2ccccc12)OS(C)(C)C. The molecule has 0 heterocycles. The first-order chi connectivity index (χ1) is 8.96. The van der Waals surface area contributed by atoms with Gasteiger partial charge >= 0.3 is 0 Å². The Kier molecular flexibility index (Phi) is 3.96. The van der Waals surface area contributed by atoms with Crippen molar-refractivity contribution < 1.29 is 4.18 Å². The van der Waals surface area contributed by atoms with Crippen molar-refractivity contribution in [2.75, 3.05) is 18.8 Å². The molecule has 0 bridgehead atoms. The normalized spacial score (nSPS) is 12.8. The van der Waals surface area contributed by atoms with Crippen LogP contribution >= 0.6 is 10.3 Å². The second kappa shape index (κ2) is 5.49. The summed E-state index contributed by atoms with van der Waals surface area (Å²) < 4.78 is 5.66. The van der Waals surface area contributed by atoms with Crippen LogP contribution in [0.4, 0.5) is 0 Å². The van der Waals surface area contributed by atoms with E-state index in [1.54, 1.807) is 0 Å². The maximum absolute atomic E-state index is 5.66. The van der Waals surface area contributed by atoms with E-state index in [9.17, 15) is 0 Å². The largest absolute Gasteiger partial charge is 0.430 e. The van der Waals surface area contributed by atoms with E-state index in [2.05, 4.69) is 48.5 Å². The highest BCUT2D eigenvalue weighted by Crippen LogP contribution is 2.38. The lowest BCUT2D eigenvalue weighted by Gasteiger charge is -2.25. The number of hydrogen-bond acceptors (Lipinski definition) is 2. The molecule has 0 N–H and O–H groups in total. The number of rotatable bonds is 4. The molecule has 3 heteroatoms. The van der Waals surface area contributed by atoms with Gasteiger partial charge in [-0.1, -0.05) is 52.8 Å². The van der Waals surface area contributed by atoms with Crippen LogP contribution in [0.25, 0.3) is 10.8 Å².